The summed E-state index contributed by atoms with van der Waals surface area (Å²) in [5.74, 6) is 1.04. The van der Waals surface area contributed by atoms with Crippen molar-refractivity contribution in [2.75, 3.05) is 0 Å². The first kappa shape index (κ1) is 9.59. The summed E-state index contributed by atoms with van der Waals surface area (Å²) in [6, 6.07) is 0. The van der Waals surface area contributed by atoms with Crippen molar-refractivity contribution in [3.63, 3.8) is 0 Å². The fraction of sp³-hybridized carbons (Fsp3) is 0.462. The van der Waals surface area contributed by atoms with Crippen LogP contribution in [0.1, 0.15) is 25.7 Å². The summed E-state index contributed by atoms with van der Waals surface area (Å²) in [5.41, 5.74) is 2.44. The van der Waals surface area contributed by atoms with E-state index in [-0.39, 0.29) is 5.92 Å². The van der Waals surface area contributed by atoms with Crippen molar-refractivity contribution in [2.24, 2.45) is 11.8 Å². The number of Topliss-reactive ketones (excluding diaryl/α,β-unsaturated/α-hetero) is 1. The maximum atomic E-state index is 12.1. The van der Waals surface area contributed by atoms with Gasteiger partial charge in [-0.05, 0) is 42.2 Å². The van der Waals surface area contributed by atoms with Crippen molar-refractivity contribution in [2.45, 2.75) is 25.7 Å². The molecule has 0 saturated carbocycles. The lowest BCUT2D eigenvalue weighted by Crippen LogP contribution is -2.17. The Balaban J connectivity index is 2.06. The van der Waals surface area contributed by atoms with Gasteiger partial charge >= 0.3 is 0 Å². The van der Waals surface area contributed by atoms with E-state index in [9.17, 15) is 4.79 Å². The van der Waals surface area contributed by atoms with Crippen LogP contribution in [0.15, 0.2) is 33.9 Å². The van der Waals surface area contributed by atoms with Gasteiger partial charge < -0.3 is 0 Å². The summed E-state index contributed by atoms with van der Waals surface area (Å²) in [6.07, 6.45) is 10.8. The zero-order valence-corrected chi connectivity index (χ0v) is 10.1. The summed E-state index contributed by atoms with van der Waals surface area (Å²) in [5, 5.41) is 0. The van der Waals surface area contributed by atoms with Crippen LogP contribution in [0.4, 0.5) is 0 Å². The SMILES string of the molecule is O=C1C2=C(CCC(Br)=C2)C2CCC=CC12. The second kappa shape index (κ2) is 3.44. The molecule has 0 aliphatic heterocycles. The summed E-state index contributed by atoms with van der Waals surface area (Å²) in [6.45, 7) is 0. The van der Waals surface area contributed by atoms with E-state index < -0.39 is 0 Å². The molecule has 2 atom stereocenters. The predicted octanol–water partition coefficient (Wildman–Crippen LogP) is 3.52. The number of hydrogen-bond acceptors (Lipinski definition) is 1. The lowest BCUT2D eigenvalue weighted by Gasteiger charge is -2.22. The van der Waals surface area contributed by atoms with Gasteiger partial charge in [-0.1, -0.05) is 33.7 Å². The van der Waals surface area contributed by atoms with Gasteiger partial charge in [0.1, 0.15) is 0 Å². The van der Waals surface area contributed by atoms with E-state index in [1.165, 1.54) is 10.1 Å². The quantitative estimate of drug-likeness (QED) is 0.612. The van der Waals surface area contributed by atoms with E-state index in [0.717, 1.165) is 31.3 Å². The van der Waals surface area contributed by atoms with E-state index >= 15 is 0 Å². The van der Waals surface area contributed by atoms with Crippen molar-refractivity contribution in [1.82, 2.24) is 0 Å². The topological polar surface area (TPSA) is 17.1 Å². The predicted molar refractivity (Wildman–Crippen MR) is 63.6 cm³/mol. The number of carbonyl (C=O) groups excluding carboxylic acids is 1. The van der Waals surface area contributed by atoms with Crippen LogP contribution in [0.2, 0.25) is 0 Å². The van der Waals surface area contributed by atoms with Gasteiger partial charge in [-0.25, -0.2) is 0 Å². The highest BCUT2D eigenvalue weighted by Crippen LogP contribution is 2.46. The van der Waals surface area contributed by atoms with Gasteiger partial charge in [0, 0.05) is 11.5 Å². The number of carbonyl (C=O) groups is 1. The standard InChI is InChI=1S/C13H13BrO/c14-8-5-6-10-9-3-1-2-4-11(9)13(15)12(10)7-8/h2,4,7,9,11H,1,3,5-6H2. The highest BCUT2D eigenvalue weighted by atomic mass is 79.9. The minimum Gasteiger partial charge on any atom is -0.293 e. The molecule has 0 N–H and O–H groups in total. The molecule has 0 spiro atoms. The molecule has 0 fully saturated rings. The van der Waals surface area contributed by atoms with E-state index in [2.05, 4.69) is 28.1 Å². The molecule has 0 saturated heterocycles. The first-order valence-electron chi connectivity index (χ1n) is 5.57. The summed E-state index contributed by atoms with van der Waals surface area (Å²) in [4.78, 5) is 12.1. The molecular formula is C13H13BrO. The Kier molecular flexibility index (Phi) is 2.20. The maximum absolute atomic E-state index is 12.1. The molecule has 0 aromatic rings. The fourth-order valence-corrected chi connectivity index (χ4v) is 3.42. The van der Waals surface area contributed by atoms with Crippen LogP contribution < -0.4 is 0 Å². The van der Waals surface area contributed by atoms with E-state index in [0.29, 0.717) is 11.7 Å². The van der Waals surface area contributed by atoms with Gasteiger partial charge in [-0.15, -0.1) is 0 Å². The molecule has 0 bridgehead atoms. The zero-order chi connectivity index (χ0) is 10.4. The van der Waals surface area contributed by atoms with Crippen LogP contribution >= 0.6 is 15.9 Å². The summed E-state index contributed by atoms with van der Waals surface area (Å²) in [7, 11) is 0. The van der Waals surface area contributed by atoms with Gasteiger partial charge in [0.25, 0.3) is 0 Å². The highest BCUT2D eigenvalue weighted by molar-refractivity contribution is 9.11. The maximum Gasteiger partial charge on any atom is 0.170 e. The molecule has 3 aliphatic rings. The number of ketones is 1. The summed E-state index contributed by atoms with van der Waals surface area (Å²) >= 11 is 3.51. The molecule has 2 unspecified atom stereocenters. The number of fused-ring (bicyclic) bond motifs is 2. The number of hydrogen-bond donors (Lipinski definition) is 0. The average Bonchev–Trinajstić information content (AvgIpc) is 2.54. The molecule has 0 amide bonds. The molecule has 78 valence electrons. The third-order valence-corrected chi connectivity index (χ3v) is 4.34. The molecule has 15 heavy (non-hydrogen) atoms. The second-order valence-electron chi connectivity index (χ2n) is 4.53. The molecule has 0 aromatic heterocycles. The lowest BCUT2D eigenvalue weighted by molar-refractivity contribution is -0.117. The van der Waals surface area contributed by atoms with Crippen LogP contribution in [0.25, 0.3) is 0 Å². The van der Waals surface area contributed by atoms with Crippen molar-refractivity contribution in [3.05, 3.63) is 33.9 Å². The number of halogens is 1. The Bertz CT molecular complexity index is 414. The zero-order valence-electron chi connectivity index (χ0n) is 8.50. The van der Waals surface area contributed by atoms with Gasteiger partial charge in [0.2, 0.25) is 0 Å². The van der Waals surface area contributed by atoms with Crippen molar-refractivity contribution in [1.29, 1.82) is 0 Å². The Labute approximate surface area is 98.1 Å². The highest BCUT2D eigenvalue weighted by Gasteiger charge is 2.40. The van der Waals surface area contributed by atoms with Gasteiger partial charge in [0.05, 0.1) is 0 Å². The van der Waals surface area contributed by atoms with Crippen LogP contribution in [-0.4, -0.2) is 5.78 Å². The first-order valence-corrected chi connectivity index (χ1v) is 6.36. The van der Waals surface area contributed by atoms with Crippen molar-refractivity contribution < 1.29 is 4.79 Å². The molecule has 0 radical (unpaired) electrons. The van der Waals surface area contributed by atoms with Crippen LogP contribution in [0.5, 0.6) is 0 Å². The smallest absolute Gasteiger partial charge is 0.170 e. The lowest BCUT2D eigenvalue weighted by atomic mass is 9.81. The molecule has 0 heterocycles. The van der Waals surface area contributed by atoms with E-state index in [4.69, 9.17) is 0 Å². The Morgan fingerprint density at radius 1 is 1.33 bits per heavy atom. The van der Waals surface area contributed by atoms with Crippen molar-refractivity contribution >= 4 is 21.7 Å². The Morgan fingerprint density at radius 3 is 3.07 bits per heavy atom. The fourth-order valence-electron chi connectivity index (χ4n) is 3.00. The van der Waals surface area contributed by atoms with Gasteiger partial charge in [-0.3, -0.25) is 4.79 Å². The number of allylic oxidation sites excluding steroid dienone is 6. The average molecular weight is 265 g/mol. The minimum atomic E-state index is 0.165. The third kappa shape index (κ3) is 1.38. The van der Waals surface area contributed by atoms with E-state index in [1.807, 2.05) is 6.08 Å². The molecule has 1 nitrogen and oxygen atoms in total. The largest absolute Gasteiger partial charge is 0.293 e. The molecule has 2 heteroatoms. The minimum absolute atomic E-state index is 0.165. The van der Waals surface area contributed by atoms with E-state index in [1.54, 1.807) is 0 Å². The first-order chi connectivity index (χ1) is 7.27. The second-order valence-corrected chi connectivity index (χ2v) is 5.55. The van der Waals surface area contributed by atoms with Crippen LogP contribution in [-0.2, 0) is 4.79 Å². The number of rotatable bonds is 0. The Morgan fingerprint density at radius 2 is 2.20 bits per heavy atom. The monoisotopic (exact) mass is 264 g/mol. The molecule has 3 rings (SSSR count). The van der Waals surface area contributed by atoms with Gasteiger partial charge in [0.15, 0.2) is 5.78 Å². The normalized spacial score (nSPS) is 33.9. The van der Waals surface area contributed by atoms with Crippen molar-refractivity contribution in [3.8, 4) is 0 Å². The molecule has 0 aromatic carbocycles. The summed E-state index contributed by atoms with van der Waals surface area (Å²) < 4.78 is 1.18. The van der Waals surface area contributed by atoms with Crippen LogP contribution in [0, 0.1) is 11.8 Å². The van der Waals surface area contributed by atoms with Crippen LogP contribution in [0.3, 0.4) is 0 Å². The Hall–Kier alpha value is -0.630. The molecular weight excluding hydrogens is 252 g/mol. The molecule has 3 aliphatic carbocycles. The third-order valence-electron chi connectivity index (χ3n) is 3.72. The van der Waals surface area contributed by atoms with Gasteiger partial charge in [-0.2, -0.15) is 0 Å².